The number of hydrogen-bond donors (Lipinski definition) is 0. The lowest BCUT2D eigenvalue weighted by molar-refractivity contribution is 0.438. The number of rotatable bonds is 2. The molecular formula is C20H17B2NO2. The molecule has 0 atom stereocenters. The van der Waals surface area contributed by atoms with Crippen molar-refractivity contribution in [2.75, 3.05) is 19.1 Å². The van der Waals surface area contributed by atoms with E-state index in [1.807, 2.05) is 0 Å². The van der Waals surface area contributed by atoms with E-state index in [1.165, 1.54) is 38.9 Å². The quantitative estimate of drug-likeness (QED) is 0.663. The largest absolute Gasteiger partial charge is 0.430 e. The van der Waals surface area contributed by atoms with Gasteiger partial charge in [0.2, 0.25) is 0 Å². The van der Waals surface area contributed by atoms with Crippen molar-refractivity contribution in [1.29, 1.82) is 0 Å². The smallest absolute Gasteiger partial charge is 0.365 e. The number of fused-ring (bicyclic) bond motifs is 4. The van der Waals surface area contributed by atoms with Gasteiger partial charge in [0, 0.05) is 31.3 Å². The lowest BCUT2D eigenvalue weighted by Crippen LogP contribution is -2.60. The van der Waals surface area contributed by atoms with Crippen LogP contribution in [0.3, 0.4) is 0 Å². The van der Waals surface area contributed by atoms with Gasteiger partial charge in [0.05, 0.1) is 0 Å². The highest BCUT2D eigenvalue weighted by atomic mass is 16.4. The molecule has 0 aromatic heterocycles. The first-order chi connectivity index (χ1) is 12.3. The number of hydrogen-bond acceptors (Lipinski definition) is 3. The van der Waals surface area contributed by atoms with E-state index in [9.17, 15) is 0 Å². The summed E-state index contributed by atoms with van der Waals surface area (Å²) in [4.78, 5) is 2.36. The minimum absolute atomic E-state index is 0.0647. The van der Waals surface area contributed by atoms with Gasteiger partial charge in [0.25, 0.3) is 0 Å². The van der Waals surface area contributed by atoms with Crippen LogP contribution in [0, 0.1) is 0 Å². The van der Waals surface area contributed by atoms with Crippen molar-refractivity contribution in [2.24, 2.45) is 0 Å². The van der Waals surface area contributed by atoms with Gasteiger partial charge >= 0.3 is 13.8 Å². The standard InChI is InChI=1S/C20H17B2NO2/c1-24-21-14-8-3-5-12-18(14)23-19-13-6-4-9-15(19)22(25-2)17-11-7-10-16(21)20(17)23/h3-13H,1-2H3. The average molecular weight is 325 g/mol. The van der Waals surface area contributed by atoms with Crippen molar-refractivity contribution in [3.63, 3.8) is 0 Å². The van der Waals surface area contributed by atoms with Crippen molar-refractivity contribution in [3.8, 4) is 0 Å². The fraction of sp³-hybridized carbons (Fsp3) is 0.100. The summed E-state index contributed by atoms with van der Waals surface area (Å²) in [5.74, 6) is 0. The molecule has 2 heterocycles. The highest BCUT2D eigenvalue weighted by Gasteiger charge is 2.42. The molecule has 3 nitrogen and oxygen atoms in total. The van der Waals surface area contributed by atoms with Gasteiger partial charge in [-0.2, -0.15) is 0 Å². The number of anilines is 3. The lowest BCUT2D eigenvalue weighted by atomic mass is 9.46. The minimum atomic E-state index is -0.0647. The summed E-state index contributed by atoms with van der Waals surface area (Å²) in [6, 6.07) is 23.4. The fourth-order valence-electron chi connectivity index (χ4n) is 4.30. The Bertz CT molecular complexity index is 902. The summed E-state index contributed by atoms with van der Waals surface area (Å²) in [5.41, 5.74) is 8.32. The molecule has 0 N–H and O–H groups in total. The second-order valence-corrected chi connectivity index (χ2v) is 6.47. The van der Waals surface area contributed by atoms with Crippen molar-refractivity contribution in [1.82, 2.24) is 0 Å². The van der Waals surface area contributed by atoms with E-state index >= 15 is 0 Å². The van der Waals surface area contributed by atoms with Gasteiger partial charge in [-0.1, -0.05) is 54.6 Å². The van der Waals surface area contributed by atoms with Crippen molar-refractivity contribution < 1.29 is 9.31 Å². The van der Waals surface area contributed by atoms with Crippen LogP contribution in [0.4, 0.5) is 17.1 Å². The zero-order valence-electron chi connectivity index (χ0n) is 14.3. The zero-order valence-corrected chi connectivity index (χ0v) is 14.3. The summed E-state index contributed by atoms with van der Waals surface area (Å²) in [6.45, 7) is -0.129. The Hall–Kier alpha value is -2.49. The van der Waals surface area contributed by atoms with Crippen LogP contribution in [0.5, 0.6) is 0 Å². The van der Waals surface area contributed by atoms with E-state index in [0.717, 1.165) is 0 Å². The Kier molecular flexibility index (Phi) is 3.27. The monoisotopic (exact) mass is 325 g/mol. The van der Waals surface area contributed by atoms with Gasteiger partial charge in [-0.15, -0.1) is 0 Å². The highest BCUT2D eigenvalue weighted by molar-refractivity contribution is 6.88. The molecule has 3 aromatic rings. The maximum absolute atomic E-state index is 5.91. The van der Waals surface area contributed by atoms with Crippen molar-refractivity contribution >= 4 is 52.7 Å². The van der Waals surface area contributed by atoms with Gasteiger partial charge in [-0.05, 0) is 34.0 Å². The first-order valence-electron chi connectivity index (χ1n) is 8.51. The molecule has 0 fully saturated rings. The maximum Gasteiger partial charge on any atom is 0.365 e. The minimum Gasteiger partial charge on any atom is -0.430 e. The second-order valence-electron chi connectivity index (χ2n) is 6.47. The van der Waals surface area contributed by atoms with Crippen LogP contribution in [-0.4, -0.2) is 28.1 Å². The molecule has 0 amide bonds. The van der Waals surface area contributed by atoms with Gasteiger partial charge in [-0.25, -0.2) is 0 Å². The van der Waals surface area contributed by atoms with Crippen molar-refractivity contribution in [3.05, 3.63) is 66.7 Å². The predicted octanol–water partition coefficient (Wildman–Crippen LogP) is 1.29. The van der Waals surface area contributed by atoms with E-state index in [4.69, 9.17) is 9.31 Å². The molecule has 2 aliphatic rings. The fourth-order valence-corrected chi connectivity index (χ4v) is 4.30. The van der Waals surface area contributed by atoms with E-state index in [1.54, 1.807) is 14.2 Å². The third kappa shape index (κ3) is 1.91. The van der Waals surface area contributed by atoms with E-state index in [2.05, 4.69) is 71.6 Å². The first kappa shape index (κ1) is 14.8. The Morgan fingerprint density at radius 1 is 0.600 bits per heavy atom. The Labute approximate surface area is 148 Å². The SMILES string of the molecule is COB1c2ccccc2N2c3ccccc3B(OC)c3cccc1c32. The Balaban J connectivity index is 1.89. The average Bonchev–Trinajstić information content (AvgIpc) is 2.68. The molecule has 2 aliphatic heterocycles. The Morgan fingerprint density at radius 3 is 1.52 bits per heavy atom. The number of para-hydroxylation sites is 3. The van der Waals surface area contributed by atoms with Gasteiger partial charge in [0.15, 0.2) is 0 Å². The van der Waals surface area contributed by atoms with Crippen LogP contribution in [0.25, 0.3) is 0 Å². The molecule has 5 heteroatoms. The summed E-state index contributed by atoms with van der Waals surface area (Å²) in [7, 11) is 3.56. The lowest BCUT2D eigenvalue weighted by Gasteiger charge is -2.42. The molecule has 0 aliphatic carbocycles. The molecule has 5 rings (SSSR count). The number of nitrogens with zero attached hydrogens (tertiary/aromatic N) is 1. The van der Waals surface area contributed by atoms with Crippen molar-refractivity contribution in [2.45, 2.75) is 0 Å². The Morgan fingerprint density at radius 2 is 1.04 bits per heavy atom. The molecule has 0 spiro atoms. The number of benzene rings is 3. The second kappa shape index (κ2) is 5.51. The molecule has 0 radical (unpaired) electrons. The summed E-state index contributed by atoms with van der Waals surface area (Å²) < 4.78 is 11.8. The van der Waals surface area contributed by atoms with Crippen LogP contribution in [0.1, 0.15) is 0 Å². The van der Waals surface area contributed by atoms with Crippen LogP contribution in [-0.2, 0) is 9.31 Å². The maximum atomic E-state index is 5.91. The summed E-state index contributed by atoms with van der Waals surface area (Å²) >= 11 is 0. The highest BCUT2D eigenvalue weighted by Crippen LogP contribution is 2.36. The van der Waals surface area contributed by atoms with Gasteiger partial charge < -0.3 is 14.2 Å². The molecule has 0 bridgehead atoms. The normalized spacial score (nSPS) is 14.1. The molecule has 25 heavy (non-hydrogen) atoms. The molecule has 0 saturated heterocycles. The van der Waals surface area contributed by atoms with Gasteiger partial charge in [-0.3, -0.25) is 0 Å². The molecule has 3 aromatic carbocycles. The van der Waals surface area contributed by atoms with Crippen LogP contribution < -0.4 is 26.8 Å². The third-order valence-corrected chi connectivity index (χ3v) is 5.28. The zero-order chi connectivity index (χ0) is 17.0. The van der Waals surface area contributed by atoms with Crippen LogP contribution in [0.15, 0.2) is 66.7 Å². The topological polar surface area (TPSA) is 21.7 Å². The van der Waals surface area contributed by atoms with E-state index < -0.39 is 0 Å². The summed E-state index contributed by atoms with van der Waals surface area (Å²) in [6.07, 6.45) is 0. The molecule has 0 unspecified atom stereocenters. The van der Waals surface area contributed by atoms with E-state index in [-0.39, 0.29) is 13.8 Å². The van der Waals surface area contributed by atoms with Crippen LogP contribution >= 0.6 is 0 Å². The summed E-state index contributed by atoms with van der Waals surface area (Å²) in [5, 5.41) is 0. The first-order valence-corrected chi connectivity index (χ1v) is 8.51. The predicted molar refractivity (Wildman–Crippen MR) is 105 cm³/mol. The van der Waals surface area contributed by atoms with Crippen LogP contribution in [0.2, 0.25) is 0 Å². The molecule has 120 valence electrons. The third-order valence-electron chi connectivity index (χ3n) is 5.28. The molecule has 0 saturated carbocycles. The van der Waals surface area contributed by atoms with Gasteiger partial charge in [0.1, 0.15) is 0 Å². The van der Waals surface area contributed by atoms with E-state index in [0.29, 0.717) is 0 Å². The molecular weight excluding hydrogens is 308 g/mol.